The highest BCUT2D eigenvalue weighted by Crippen LogP contribution is 2.21. The molecule has 2 unspecified atom stereocenters. The summed E-state index contributed by atoms with van der Waals surface area (Å²) in [6.45, 7) is 3.11. The quantitative estimate of drug-likeness (QED) is 0.875. The van der Waals surface area contributed by atoms with Gasteiger partial charge in [-0.15, -0.1) is 0 Å². The first kappa shape index (κ1) is 13.8. The van der Waals surface area contributed by atoms with Crippen molar-refractivity contribution in [1.82, 2.24) is 10.6 Å². The van der Waals surface area contributed by atoms with Crippen LogP contribution < -0.4 is 10.6 Å². The third-order valence-electron chi connectivity index (χ3n) is 3.25. The second-order valence-corrected chi connectivity index (χ2v) is 5.91. The molecule has 0 radical (unpaired) electrons. The van der Waals surface area contributed by atoms with Crippen molar-refractivity contribution in [1.29, 1.82) is 0 Å². The van der Waals surface area contributed by atoms with Crippen LogP contribution in [0, 0.1) is 0 Å². The highest BCUT2D eigenvalue weighted by Gasteiger charge is 2.23. The van der Waals surface area contributed by atoms with Crippen molar-refractivity contribution in [2.45, 2.75) is 31.8 Å². The molecule has 0 saturated carbocycles. The molecule has 3 nitrogen and oxygen atoms in total. The van der Waals surface area contributed by atoms with Gasteiger partial charge in [0, 0.05) is 16.6 Å². The second kappa shape index (κ2) is 6.04. The van der Waals surface area contributed by atoms with Crippen molar-refractivity contribution < 1.29 is 4.79 Å². The third kappa shape index (κ3) is 3.25. The Kier molecular flexibility index (Phi) is 4.65. The predicted octanol–water partition coefficient (Wildman–Crippen LogP) is 2.97. The Hall–Kier alpha value is -0.580. The van der Waals surface area contributed by atoms with E-state index in [9.17, 15) is 4.79 Å². The standard InChI is InChI=1S/C13H16BrClN2O/c1-8-12(3-2-6-16-8)17-13(18)10-7-9(14)4-5-11(10)15/h4-5,7-8,12,16H,2-3,6H2,1H3,(H,17,18). The van der Waals surface area contributed by atoms with E-state index in [4.69, 9.17) is 11.6 Å². The number of hydrogen-bond donors (Lipinski definition) is 2. The Morgan fingerprint density at radius 3 is 3.06 bits per heavy atom. The number of hydrogen-bond acceptors (Lipinski definition) is 2. The topological polar surface area (TPSA) is 41.1 Å². The van der Waals surface area contributed by atoms with Gasteiger partial charge in [0.25, 0.3) is 5.91 Å². The molecule has 1 fully saturated rings. The first-order valence-electron chi connectivity index (χ1n) is 6.07. The summed E-state index contributed by atoms with van der Waals surface area (Å²) >= 11 is 9.40. The average molecular weight is 332 g/mol. The molecule has 0 aromatic heterocycles. The lowest BCUT2D eigenvalue weighted by Crippen LogP contribution is -2.51. The van der Waals surface area contributed by atoms with Crippen LogP contribution in [0.25, 0.3) is 0 Å². The number of nitrogens with one attached hydrogen (secondary N) is 2. The molecule has 0 aliphatic carbocycles. The molecule has 1 heterocycles. The molecule has 1 aromatic carbocycles. The molecule has 98 valence electrons. The van der Waals surface area contributed by atoms with E-state index in [2.05, 4.69) is 33.5 Å². The predicted molar refractivity (Wildman–Crippen MR) is 77.1 cm³/mol. The zero-order chi connectivity index (χ0) is 13.1. The third-order valence-corrected chi connectivity index (χ3v) is 4.07. The van der Waals surface area contributed by atoms with Crippen molar-refractivity contribution in [2.75, 3.05) is 6.54 Å². The van der Waals surface area contributed by atoms with Crippen LogP contribution in [0.5, 0.6) is 0 Å². The van der Waals surface area contributed by atoms with Gasteiger partial charge in [-0.25, -0.2) is 0 Å². The minimum absolute atomic E-state index is 0.109. The van der Waals surface area contributed by atoms with Crippen LogP contribution in [0.1, 0.15) is 30.1 Å². The fraction of sp³-hybridized carbons (Fsp3) is 0.462. The maximum Gasteiger partial charge on any atom is 0.253 e. The molecule has 2 atom stereocenters. The lowest BCUT2D eigenvalue weighted by atomic mass is 9.99. The van der Waals surface area contributed by atoms with Gasteiger partial charge >= 0.3 is 0 Å². The Morgan fingerprint density at radius 2 is 2.33 bits per heavy atom. The van der Waals surface area contributed by atoms with Crippen LogP contribution in [0.15, 0.2) is 22.7 Å². The molecule has 0 spiro atoms. The van der Waals surface area contributed by atoms with Crippen molar-refractivity contribution >= 4 is 33.4 Å². The van der Waals surface area contributed by atoms with E-state index in [1.54, 1.807) is 12.1 Å². The summed E-state index contributed by atoms with van der Waals surface area (Å²) in [5, 5.41) is 6.88. The van der Waals surface area contributed by atoms with E-state index < -0.39 is 0 Å². The molecule has 1 amide bonds. The number of benzene rings is 1. The van der Waals surface area contributed by atoms with E-state index >= 15 is 0 Å². The zero-order valence-corrected chi connectivity index (χ0v) is 12.5. The summed E-state index contributed by atoms with van der Waals surface area (Å²) < 4.78 is 0.854. The number of halogens is 2. The maximum atomic E-state index is 12.2. The first-order chi connectivity index (χ1) is 8.58. The van der Waals surface area contributed by atoms with Crippen LogP contribution in [0.4, 0.5) is 0 Å². The highest BCUT2D eigenvalue weighted by atomic mass is 79.9. The molecule has 5 heteroatoms. The molecule has 0 bridgehead atoms. The van der Waals surface area contributed by atoms with E-state index in [0.29, 0.717) is 16.6 Å². The van der Waals surface area contributed by atoms with Crippen molar-refractivity contribution in [2.24, 2.45) is 0 Å². The molecular formula is C13H16BrClN2O. The summed E-state index contributed by atoms with van der Waals surface area (Å²) in [5.74, 6) is -0.109. The summed E-state index contributed by atoms with van der Waals surface area (Å²) in [6.07, 6.45) is 2.09. The summed E-state index contributed by atoms with van der Waals surface area (Å²) in [5.41, 5.74) is 0.517. The molecular weight excluding hydrogens is 316 g/mol. The van der Waals surface area contributed by atoms with Crippen LogP contribution in [-0.4, -0.2) is 24.5 Å². The van der Waals surface area contributed by atoms with Gasteiger partial charge in [-0.2, -0.15) is 0 Å². The number of amides is 1. The largest absolute Gasteiger partial charge is 0.348 e. The van der Waals surface area contributed by atoms with Crippen LogP contribution in [-0.2, 0) is 0 Å². The van der Waals surface area contributed by atoms with Crippen LogP contribution in [0.3, 0.4) is 0 Å². The van der Waals surface area contributed by atoms with Crippen LogP contribution in [0.2, 0.25) is 5.02 Å². The van der Waals surface area contributed by atoms with Gasteiger partial charge in [0.1, 0.15) is 0 Å². The van der Waals surface area contributed by atoms with Gasteiger partial charge in [0.05, 0.1) is 10.6 Å². The number of carbonyl (C=O) groups is 1. The SMILES string of the molecule is CC1NCCCC1NC(=O)c1cc(Br)ccc1Cl. The molecule has 18 heavy (non-hydrogen) atoms. The number of piperidine rings is 1. The lowest BCUT2D eigenvalue weighted by Gasteiger charge is -2.30. The summed E-state index contributed by atoms with van der Waals surface area (Å²) in [7, 11) is 0. The van der Waals surface area contributed by atoms with E-state index in [1.165, 1.54) is 0 Å². The molecule has 2 N–H and O–H groups in total. The Balaban J connectivity index is 2.09. The molecule has 2 rings (SSSR count). The summed E-state index contributed by atoms with van der Waals surface area (Å²) in [4.78, 5) is 12.2. The Bertz CT molecular complexity index is 453. The first-order valence-corrected chi connectivity index (χ1v) is 7.24. The van der Waals surface area contributed by atoms with E-state index in [1.807, 2.05) is 6.07 Å². The minimum Gasteiger partial charge on any atom is -0.348 e. The smallest absolute Gasteiger partial charge is 0.253 e. The summed E-state index contributed by atoms with van der Waals surface area (Å²) in [6, 6.07) is 5.76. The maximum absolute atomic E-state index is 12.2. The normalized spacial score (nSPS) is 23.7. The van der Waals surface area contributed by atoms with Crippen LogP contribution >= 0.6 is 27.5 Å². The van der Waals surface area contributed by atoms with E-state index in [-0.39, 0.29) is 11.9 Å². The molecule has 1 aliphatic rings. The Morgan fingerprint density at radius 1 is 1.56 bits per heavy atom. The highest BCUT2D eigenvalue weighted by molar-refractivity contribution is 9.10. The van der Waals surface area contributed by atoms with Gasteiger partial charge in [-0.1, -0.05) is 27.5 Å². The van der Waals surface area contributed by atoms with Gasteiger partial charge in [0.2, 0.25) is 0 Å². The second-order valence-electron chi connectivity index (χ2n) is 4.59. The number of carbonyl (C=O) groups excluding carboxylic acids is 1. The Labute approximate surface area is 120 Å². The fourth-order valence-corrected chi connectivity index (χ4v) is 2.72. The van der Waals surface area contributed by atoms with Crippen molar-refractivity contribution in [3.05, 3.63) is 33.3 Å². The zero-order valence-electron chi connectivity index (χ0n) is 10.2. The monoisotopic (exact) mass is 330 g/mol. The van der Waals surface area contributed by atoms with Gasteiger partial charge in [0.15, 0.2) is 0 Å². The van der Waals surface area contributed by atoms with Crippen molar-refractivity contribution in [3.8, 4) is 0 Å². The van der Waals surface area contributed by atoms with Gasteiger partial charge in [-0.3, -0.25) is 4.79 Å². The number of rotatable bonds is 2. The van der Waals surface area contributed by atoms with Gasteiger partial charge in [-0.05, 0) is 44.5 Å². The lowest BCUT2D eigenvalue weighted by molar-refractivity contribution is 0.0920. The average Bonchev–Trinajstić information content (AvgIpc) is 2.35. The fourth-order valence-electron chi connectivity index (χ4n) is 2.16. The molecule has 1 aromatic rings. The minimum atomic E-state index is -0.109. The molecule has 1 saturated heterocycles. The molecule has 1 aliphatic heterocycles. The van der Waals surface area contributed by atoms with Crippen molar-refractivity contribution in [3.63, 3.8) is 0 Å². The van der Waals surface area contributed by atoms with E-state index in [0.717, 1.165) is 23.9 Å². The van der Waals surface area contributed by atoms with Gasteiger partial charge < -0.3 is 10.6 Å².